The quantitative estimate of drug-likeness (QED) is 0.471. The van der Waals surface area contributed by atoms with Gasteiger partial charge in [-0.15, -0.1) is 0 Å². The van der Waals surface area contributed by atoms with Gasteiger partial charge in [0.25, 0.3) is 11.8 Å². The largest absolute Gasteiger partial charge is 0.360 e. The molecular weight excluding hydrogens is 354 g/mol. The first kappa shape index (κ1) is 22.2. The minimum Gasteiger partial charge on any atom is -0.360 e. The van der Waals surface area contributed by atoms with E-state index in [2.05, 4.69) is 34.6 Å². The summed E-state index contributed by atoms with van der Waals surface area (Å²) in [6, 6.07) is 8.04. The molecule has 1 saturated heterocycles. The molecule has 7 nitrogen and oxygen atoms in total. The molecule has 0 saturated carbocycles. The summed E-state index contributed by atoms with van der Waals surface area (Å²) in [7, 11) is 1.85. The lowest BCUT2D eigenvalue weighted by Gasteiger charge is -2.33. The Labute approximate surface area is 169 Å². The molecule has 0 bridgehead atoms. The Morgan fingerprint density at radius 1 is 1.07 bits per heavy atom. The third kappa shape index (κ3) is 7.48. The molecule has 1 aromatic carbocycles. The maximum atomic E-state index is 12.3. The van der Waals surface area contributed by atoms with Gasteiger partial charge in [-0.2, -0.15) is 0 Å². The van der Waals surface area contributed by atoms with Crippen LogP contribution in [0, 0.1) is 0 Å². The van der Waals surface area contributed by atoms with Gasteiger partial charge in [0, 0.05) is 16.9 Å². The molecule has 1 unspecified atom stereocenters. The second-order valence-electron chi connectivity index (χ2n) is 8.79. The van der Waals surface area contributed by atoms with Gasteiger partial charge in [-0.1, -0.05) is 0 Å². The van der Waals surface area contributed by atoms with Crippen LogP contribution in [0.5, 0.6) is 0 Å². The van der Waals surface area contributed by atoms with Gasteiger partial charge in [0.15, 0.2) is 13.1 Å². The van der Waals surface area contributed by atoms with Gasteiger partial charge >= 0.3 is 0 Å². The van der Waals surface area contributed by atoms with Crippen LogP contribution < -0.4 is 25.3 Å². The zero-order valence-corrected chi connectivity index (χ0v) is 18.0. The van der Waals surface area contributed by atoms with Gasteiger partial charge in [-0.25, -0.2) is 0 Å². The molecule has 28 heavy (non-hydrogen) atoms. The lowest BCUT2D eigenvalue weighted by molar-refractivity contribution is -0.898. The van der Waals surface area contributed by atoms with Crippen molar-refractivity contribution in [2.24, 2.45) is 0 Å². The van der Waals surface area contributed by atoms with Crippen LogP contribution in [-0.2, 0) is 9.59 Å². The zero-order chi connectivity index (χ0) is 20.7. The summed E-state index contributed by atoms with van der Waals surface area (Å²) in [5, 5.41) is 5.85. The van der Waals surface area contributed by atoms with Crippen LogP contribution in [0.2, 0.25) is 0 Å². The highest BCUT2D eigenvalue weighted by atomic mass is 16.2. The van der Waals surface area contributed by atoms with Crippen LogP contribution in [0.3, 0.4) is 0 Å². The third-order valence-corrected chi connectivity index (χ3v) is 4.93. The third-order valence-electron chi connectivity index (χ3n) is 4.93. The SMILES string of the molecule is CC[NH+]1CCN(c2ccc(NC(=O)C[NH+](C)CC(=O)NC(C)(C)C)cc2)CC1. The molecule has 4 N–H and O–H groups in total. The minimum absolute atomic E-state index is 0.0489. The lowest BCUT2D eigenvalue weighted by Crippen LogP contribution is -3.14. The van der Waals surface area contributed by atoms with E-state index < -0.39 is 0 Å². The van der Waals surface area contributed by atoms with Gasteiger partial charge in [-0.05, 0) is 52.0 Å². The van der Waals surface area contributed by atoms with Gasteiger partial charge in [0.2, 0.25) is 0 Å². The molecule has 0 radical (unpaired) electrons. The Hall–Kier alpha value is -2.12. The highest BCUT2D eigenvalue weighted by molar-refractivity contribution is 5.91. The number of anilines is 2. The molecule has 1 heterocycles. The Balaban J connectivity index is 1.78. The van der Waals surface area contributed by atoms with Crippen molar-refractivity contribution in [3.8, 4) is 0 Å². The van der Waals surface area contributed by atoms with Crippen LogP contribution in [0.25, 0.3) is 0 Å². The number of piperazine rings is 1. The average Bonchev–Trinajstić information content (AvgIpc) is 2.60. The number of nitrogens with one attached hydrogen (secondary N) is 4. The van der Waals surface area contributed by atoms with E-state index in [1.807, 2.05) is 40.0 Å². The first-order valence-electron chi connectivity index (χ1n) is 10.3. The Morgan fingerprint density at radius 3 is 2.18 bits per heavy atom. The van der Waals surface area contributed by atoms with E-state index in [9.17, 15) is 9.59 Å². The summed E-state index contributed by atoms with van der Waals surface area (Å²) in [4.78, 5) is 29.1. The van der Waals surface area contributed by atoms with Crippen molar-refractivity contribution < 1.29 is 19.4 Å². The molecule has 7 heteroatoms. The molecule has 0 aliphatic carbocycles. The second kappa shape index (κ2) is 9.89. The van der Waals surface area contributed by atoms with E-state index in [4.69, 9.17) is 0 Å². The fourth-order valence-corrected chi connectivity index (χ4v) is 3.47. The van der Waals surface area contributed by atoms with Gasteiger partial charge < -0.3 is 25.3 Å². The standard InChI is InChI=1S/C21H35N5O2/c1-6-25-11-13-26(14-12-25)18-9-7-17(8-10-18)22-19(27)15-24(5)16-20(28)23-21(2,3)4/h7-10H,6,11-16H2,1-5H3,(H,22,27)(H,23,28)/p+2. The van der Waals surface area contributed by atoms with Crippen molar-refractivity contribution in [1.29, 1.82) is 0 Å². The molecule has 1 atom stereocenters. The fraction of sp³-hybridized carbons (Fsp3) is 0.619. The van der Waals surface area contributed by atoms with Crippen LogP contribution in [-0.4, -0.2) is 70.2 Å². The number of hydrogen-bond donors (Lipinski definition) is 4. The topological polar surface area (TPSA) is 70.3 Å². The normalized spacial score (nSPS) is 16.5. The molecule has 1 aliphatic heterocycles. The van der Waals surface area contributed by atoms with Crippen molar-refractivity contribution in [2.45, 2.75) is 33.2 Å². The molecule has 2 rings (SSSR count). The Kier molecular flexibility index (Phi) is 7.83. The van der Waals surface area contributed by atoms with Crippen molar-refractivity contribution in [3.63, 3.8) is 0 Å². The Morgan fingerprint density at radius 2 is 1.64 bits per heavy atom. The number of carbonyl (C=O) groups excluding carboxylic acids is 2. The highest BCUT2D eigenvalue weighted by Gasteiger charge is 2.20. The summed E-state index contributed by atoms with van der Waals surface area (Å²) in [5.74, 6) is -0.138. The summed E-state index contributed by atoms with van der Waals surface area (Å²) >= 11 is 0. The van der Waals surface area contributed by atoms with Crippen LogP contribution in [0.1, 0.15) is 27.7 Å². The number of quaternary nitrogens is 2. The van der Waals surface area contributed by atoms with E-state index in [0.717, 1.165) is 23.7 Å². The number of nitrogens with zero attached hydrogens (tertiary/aromatic N) is 1. The number of rotatable bonds is 7. The van der Waals surface area contributed by atoms with Crippen LogP contribution in [0.4, 0.5) is 11.4 Å². The summed E-state index contributed by atoms with van der Waals surface area (Å²) in [6.45, 7) is 14.3. The maximum Gasteiger partial charge on any atom is 0.279 e. The number of hydrogen-bond acceptors (Lipinski definition) is 3. The first-order valence-corrected chi connectivity index (χ1v) is 10.3. The molecule has 1 aromatic rings. The monoisotopic (exact) mass is 391 g/mol. The van der Waals surface area contributed by atoms with Crippen molar-refractivity contribution in [3.05, 3.63) is 24.3 Å². The van der Waals surface area contributed by atoms with Crippen LogP contribution >= 0.6 is 0 Å². The van der Waals surface area contributed by atoms with Crippen molar-refractivity contribution in [1.82, 2.24) is 5.32 Å². The van der Waals surface area contributed by atoms with Gasteiger partial charge in [0.05, 0.1) is 39.8 Å². The molecule has 0 aromatic heterocycles. The fourth-order valence-electron chi connectivity index (χ4n) is 3.47. The lowest BCUT2D eigenvalue weighted by atomic mass is 10.1. The number of benzene rings is 1. The van der Waals surface area contributed by atoms with E-state index in [0.29, 0.717) is 0 Å². The number of carbonyl (C=O) groups is 2. The maximum absolute atomic E-state index is 12.3. The van der Waals surface area contributed by atoms with Crippen LogP contribution in [0.15, 0.2) is 24.3 Å². The summed E-state index contributed by atoms with van der Waals surface area (Å²) < 4.78 is 0. The van der Waals surface area contributed by atoms with Crippen molar-refractivity contribution >= 4 is 23.2 Å². The predicted octanol–water partition coefficient (Wildman–Crippen LogP) is -1.22. The second-order valence-corrected chi connectivity index (χ2v) is 8.79. The highest BCUT2D eigenvalue weighted by Crippen LogP contribution is 2.17. The summed E-state index contributed by atoms with van der Waals surface area (Å²) in [6.07, 6.45) is 0. The number of likely N-dealkylation sites (N-methyl/N-ethyl adjacent to an activating group) is 2. The summed E-state index contributed by atoms with van der Waals surface area (Å²) in [5.41, 5.74) is 1.74. The molecule has 2 amide bonds. The van der Waals surface area contributed by atoms with E-state index in [1.54, 1.807) is 4.90 Å². The first-order chi connectivity index (χ1) is 13.2. The van der Waals surface area contributed by atoms with E-state index >= 15 is 0 Å². The smallest absolute Gasteiger partial charge is 0.279 e. The molecule has 1 fully saturated rings. The number of amides is 2. The van der Waals surface area contributed by atoms with E-state index in [-0.39, 0.29) is 30.4 Å². The Bertz CT molecular complexity index is 646. The van der Waals surface area contributed by atoms with Gasteiger partial charge in [-0.3, -0.25) is 9.59 Å². The molecule has 156 valence electrons. The zero-order valence-electron chi connectivity index (χ0n) is 18.0. The minimum atomic E-state index is -0.258. The average molecular weight is 392 g/mol. The molecule has 1 aliphatic rings. The van der Waals surface area contributed by atoms with E-state index in [1.165, 1.54) is 25.3 Å². The van der Waals surface area contributed by atoms with Gasteiger partial charge in [0.1, 0.15) is 0 Å². The molecular formula is C21H37N5O2+2. The van der Waals surface area contributed by atoms with Crippen molar-refractivity contribution in [2.75, 3.05) is 63.1 Å². The molecule has 0 spiro atoms. The predicted molar refractivity (Wildman–Crippen MR) is 113 cm³/mol.